The molecule has 0 bridgehead atoms. The molecule has 0 aromatic carbocycles. The highest BCUT2D eigenvalue weighted by Gasteiger charge is 2.21. The van der Waals surface area contributed by atoms with Gasteiger partial charge in [0.2, 0.25) is 0 Å². The van der Waals surface area contributed by atoms with Gasteiger partial charge in [-0.25, -0.2) is 0 Å². The molecule has 0 rings (SSSR count). The van der Waals surface area contributed by atoms with Crippen LogP contribution < -0.4 is 0 Å². The lowest BCUT2D eigenvalue weighted by Gasteiger charge is -1.96. The van der Waals surface area contributed by atoms with Gasteiger partial charge in [-0.3, -0.25) is 0 Å². The predicted molar refractivity (Wildman–Crippen MR) is 39.3 cm³/mol. The predicted octanol–water partition coefficient (Wildman–Crippen LogP) is 3.69. The fourth-order valence-corrected chi connectivity index (χ4v) is 0.729. The van der Waals surface area contributed by atoms with E-state index in [1.165, 1.54) is 6.08 Å². The zero-order valence-electron chi connectivity index (χ0n) is 6.62. The van der Waals surface area contributed by atoms with Crippen LogP contribution in [0, 0.1) is 0 Å². The maximum absolute atomic E-state index is 11.5. The molecule has 0 radical (unpaired) electrons. The minimum atomic E-state index is -4.13. The average Bonchev–Trinajstić information content (AvgIpc) is 1.85. The standard InChI is InChI=1S/C8H13F3/c1-2-3-4-5-6-7-8(9,10)11/h6-7H,2-5H2,1H3. The monoisotopic (exact) mass is 166 g/mol. The van der Waals surface area contributed by atoms with Crippen LogP contribution in [0.2, 0.25) is 0 Å². The van der Waals surface area contributed by atoms with Crippen molar-refractivity contribution in [2.45, 2.75) is 38.8 Å². The zero-order chi connectivity index (χ0) is 8.74. The molecule has 0 aliphatic heterocycles. The van der Waals surface area contributed by atoms with E-state index in [4.69, 9.17) is 0 Å². The Labute approximate surface area is 65.1 Å². The third-order valence-electron chi connectivity index (χ3n) is 1.28. The third-order valence-corrected chi connectivity index (χ3v) is 1.28. The molecule has 0 unspecified atom stereocenters. The van der Waals surface area contributed by atoms with Crippen molar-refractivity contribution in [3.63, 3.8) is 0 Å². The van der Waals surface area contributed by atoms with Gasteiger partial charge < -0.3 is 0 Å². The van der Waals surface area contributed by atoms with Crippen molar-refractivity contribution >= 4 is 0 Å². The summed E-state index contributed by atoms with van der Waals surface area (Å²) in [5.74, 6) is 0. The molecular weight excluding hydrogens is 153 g/mol. The van der Waals surface area contributed by atoms with Crippen LogP contribution >= 0.6 is 0 Å². The molecule has 0 N–H and O–H groups in total. The number of unbranched alkanes of at least 4 members (excludes halogenated alkanes) is 3. The Balaban J connectivity index is 3.30. The van der Waals surface area contributed by atoms with Gasteiger partial charge in [-0.1, -0.05) is 25.8 Å². The van der Waals surface area contributed by atoms with E-state index in [1.807, 2.05) is 6.92 Å². The van der Waals surface area contributed by atoms with Crippen molar-refractivity contribution in [3.05, 3.63) is 12.2 Å². The first-order chi connectivity index (χ1) is 5.06. The molecule has 0 saturated heterocycles. The van der Waals surface area contributed by atoms with Crippen LogP contribution in [0.3, 0.4) is 0 Å². The summed E-state index contributed by atoms with van der Waals surface area (Å²) < 4.78 is 34.4. The number of hydrogen-bond acceptors (Lipinski definition) is 0. The van der Waals surface area contributed by atoms with Gasteiger partial charge in [-0.2, -0.15) is 13.2 Å². The Morgan fingerprint density at radius 1 is 1.18 bits per heavy atom. The number of rotatable bonds is 4. The van der Waals surface area contributed by atoms with Crippen molar-refractivity contribution in [2.24, 2.45) is 0 Å². The molecule has 0 aliphatic rings. The second kappa shape index (κ2) is 5.22. The van der Waals surface area contributed by atoms with Crippen molar-refractivity contribution in [3.8, 4) is 0 Å². The summed E-state index contributed by atoms with van der Waals surface area (Å²) in [6.45, 7) is 2.02. The van der Waals surface area contributed by atoms with Crippen LogP contribution in [-0.2, 0) is 0 Å². The van der Waals surface area contributed by atoms with Crippen LogP contribution in [-0.4, -0.2) is 6.18 Å². The highest BCUT2D eigenvalue weighted by Crippen LogP contribution is 2.16. The number of halogens is 3. The van der Waals surface area contributed by atoms with Gasteiger partial charge in [0, 0.05) is 6.08 Å². The average molecular weight is 166 g/mol. The Kier molecular flexibility index (Phi) is 4.99. The van der Waals surface area contributed by atoms with E-state index in [1.54, 1.807) is 0 Å². The van der Waals surface area contributed by atoms with Crippen LogP contribution in [0.1, 0.15) is 32.6 Å². The summed E-state index contributed by atoms with van der Waals surface area (Å²) in [4.78, 5) is 0. The smallest absolute Gasteiger partial charge is 0.167 e. The first kappa shape index (κ1) is 10.5. The lowest BCUT2D eigenvalue weighted by Crippen LogP contribution is -2.00. The maximum Gasteiger partial charge on any atom is 0.409 e. The third kappa shape index (κ3) is 9.53. The molecule has 0 atom stereocenters. The Bertz CT molecular complexity index is 113. The van der Waals surface area contributed by atoms with E-state index >= 15 is 0 Å². The molecule has 66 valence electrons. The first-order valence-electron chi connectivity index (χ1n) is 3.80. The molecule has 0 aromatic heterocycles. The van der Waals surface area contributed by atoms with Crippen LogP contribution in [0.5, 0.6) is 0 Å². The number of allylic oxidation sites excluding steroid dienone is 2. The highest BCUT2D eigenvalue weighted by molar-refractivity contribution is 4.88. The van der Waals surface area contributed by atoms with Gasteiger partial charge >= 0.3 is 6.18 Å². The molecule has 0 spiro atoms. The molecule has 0 amide bonds. The molecule has 0 nitrogen and oxygen atoms in total. The van der Waals surface area contributed by atoms with E-state index in [0.29, 0.717) is 12.5 Å². The summed E-state index contributed by atoms with van der Waals surface area (Å²) in [5.41, 5.74) is 0. The molecule has 0 saturated carbocycles. The largest absolute Gasteiger partial charge is 0.409 e. The van der Waals surface area contributed by atoms with Gasteiger partial charge in [0.05, 0.1) is 0 Å². The van der Waals surface area contributed by atoms with Crippen molar-refractivity contribution in [1.82, 2.24) is 0 Å². The molecule has 0 aromatic rings. The SMILES string of the molecule is CCCCCC=CC(F)(F)F. The molecule has 0 aliphatic carbocycles. The second-order valence-corrected chi connectivity index (χ2v) is 2.44. The van der Waals surface area contributed by atoms with E-state index < -0.39 is 6.18 Å². The second-order valence-electron chi connectivity index (χ2n) is 2.44. The zero-order valence-corrected chi connectivity index (χ0v) is 6.62. The summed E-state index contributed by atoms with van der Waals surface area (Å²) in [6, 6.07) is 0. The van der Waals surface area contributed by atoms with Gasteiger partial charge in [-0.15, -0.1) is 0 Å². The molecule has 0 heterocycles. The van der Waals surface area contributed by atoms with E-state index in [2.05, 4.69) is 0 Å². The van der Waals surface area contributed by atoms with Gasteiger partial charge in [0.15, 0.2) is 0 Å². The highest BCUT2D eigenvalue weighted by atomic mass is 19.4. The first-order valence-corrected chi connectivity index (χ1v) is 3.80. The van der Waals surface area contributed by atoms with Gasteiger partial charge in [0.25, 0.3) is 0 Å². The van der Waals surface area contributed by atoms with Gasteiger partial charge in [-0.05, 0) is 12.8 Å². The van der Waals surface area contributed by atoms with Gasteiger partial charge in [0.1, 0.15) is 0 Å². The minimum absolute atomic E-state index is 0.308. The molecule has 11 heavy (non-hydrogen) atoms. The fourth-order valence-electron chi connectivity index (χ4n) is 0.729. The normalized spacial score (nSPS) is 12.7. The summed E-state index contributed by atoms with van der Waals surface area (Å²) in [6.07, 6.45) is 0.795. The van der Waals surface area contributed by atoms with Crippen LogP contribution in [0.15, 0.2) is 12.2 Å². The quantitative estimate of drug-likeness (QED) is 0.441. The Hall–Kier alpha value is -0.470. The molecule has 0 fully saturated rings. The number of hydrogen-bond donors (Lipinski definition) is 0. The summed E-state index contributed by atoms with van der Waals surface area (Å²) in [5, 5.41) is 0. The topological polar surface area (TPSA) is 0 Å². The number of alkyl halides is 3. The lowest BCUT2D eigenvalue weighted by molar-refractivity contribution is -0.0800. The molecular formula is C8H13F3. The van der Waals surface area contributed by atoms with E-state index in [-0.39, 0.29) is 0 Å². The Morgan fingerprint density at radius 3 is 2.27 bits per heavy atom. The van der Waals surface area contributed by atoms with Crippen molar-refractivity contribution in [2.75, 3.05) is 0 Å². The summed E-state index contributed by atoms with van der Waals surface area (Å²) in [7, 11) is 0. The van der Waals surface area contributed by atoms with E-state index in [0.717, 1.165) is 19.3 Å². The van der Waals surface area contributed by atoms with Crippen LogP contribution in [0.4, 0.5) is 13.2 Å². The van der Waals surface area contributed by atoms with Crippen LogP contribution in [0.25, 0.3) is 0 Å². The minimum Gasteiger partial charge on any atom is -0.167 e. The fraction of sp³-hybridized carbons (Fsp3) is 0.750. The van der Waals surface area contributed by atoms with E-state index in [9.17, 15) is 13.2 Å². The van der Waals surface area contributed by atoms with Crippen molar-refractivity contribution < 1.29 is 13.2 Å². The lowest BCUT2D eigenvalue weighted by atomic mass is 10.2. The maximum atomic E-state index is 11.5. The van der Waals surface area contributed by atoms with Crippen molar-refractivity contribution in [1.29, 1.82) is 0 Å². The molecule has 3 heteroatoms. The summed E-state index contributed by atoms with van der Waals surface area (Å²) >= 11 is 0. The Morgan fingerprint density at radius 2 is 1.82 bits per heavy atom.